The van der Waals surface area contributed by atoms with Crippen LogP contribution in [-0.2, 0) is 14.0 Å². The number of hydrogen-bond donors (Lipinski definition) is 0. The molecule has 7 nitrogen and oxygen atoms in total. The quantitative estimate of drug-likeness (QED) is 0.636. The van der Waals surface area contributed by atoms with Crippen molar-refractivity contribution in [3.63, 3.8) is 0 Å². The monoisotopic (exact) mass is 447 g/mol. The fourth-order valence-corrected chi connectivity index (χ4v) is 3.75. The van der Waals surface area contributed by atoms with Crippen molar-refractivity contribution in [3.05, 3.63) is 18.2 Å². The van der Waals surface area contributed by atoms with Gasteiger partial charge in [0, 0.05) is 13.1 Å². The van der Waals surface area contributed by atoms with Crippen LogP contribution in [-0.4, -0.2) is 61.7 Å². The number of likely N-dealkylation sites (tertiary alicyclic amines) is 1. The summed E-state index contributed by atoms with van der Waals surface area (Å²) in [7, 11) is 1.19. The predicted octanol–water partition coefficient (Wildman–Crippen LogP) is 4.02. The highest BCUT2D eigenvalue weighted by Gasteiger charge is 2.51. The van der Waals surface area contributed by atoms with E-state index in [2.05, 4.69) is 0 Å². The Bertz CT molecular complexity index is 795. The Morgan fingerprint density at radius 1 is 1.09 bits per heavy atom. The molecule has 0 atom stereocenters. The van der Waals surface area contributed by atoms with Crippen LogP contribution in [0.15, 0.2) is 18.2 Å². The topological polar surface area (TPSA) is 66.5 Å². The van der Waals surface area contributed by atoms with E-state index < -0.39 is 23.9 Å². The third-order valence-corrected chi connectivity index (χ3v) is 6.45. The molecule has 2 saturated heterocycles. The van der Waals surface area contributed by atoms with E-state index >= 15 is 0 Å². The Morgan fingerprint density at radius 2 is 1.69 bits per heavy atom. The minimum atomic E-state index is -0.472. The molecule has 0 bridgehead atoms. The number of rotatable bonds is 5. The molecule has 2 fully saturated rings. The summed E-state index contributed by atoms with van der Waals surface area (Å²) >= 11 is 0. The lowest BCUT2D eigenvalue weighted by Gasteiger charge is -2.33. The van der Waals surface area contributed by atoms with E-state index in [1.165, 1.54) is 0 Å². The normalized spacial score (nSPS) is 20.9. The van der Waals surface area contributed by atoms with E-state index in [9.17, 15) is 4.79 Å². The number of amides is 1. The van der Waals surface area contributed by atoms with Gasteiger partial charge in [0.2, 0.25) is 0 Å². The molecule has 2 heterocycles. The minimum Gasteiger partial charge on any atom is -0.493 e. The molecule has 1 aromatic rings. The molecule has 1 amide bonds. The summed E-state index contributed by atoms with van der Waals surface area (Å²) in [6.07, 6.45) is 1.53. The van der Waals surface area contributed by atoms with Crippen LogP contribution < -0.4 is 14.9 Å². The molecule has 0 unspecified atom stereocenters. The molecule has 0 spiro atoms. The summed E-state index contributed by atoms with van der Waals surface area (Å²) in [5, 5.41) is 0. The first-order valence-corrected chi connectivity index (χ1v) is 11.5. The molecule has 0 aliphatic carbocycles. The molecule has 178 valence electrons. The maximum Gasteiger partial charge on any atom is 0.494 e. The average Bonchev–Trinajstić information content (AvgIpc) is 2.92. The van der Waals surface area contributed by atoms with Gasteiger partial charge in [0.25, 0.3) is 0 Å². The van der Waals surface area contributed by atoms with E-state index in [1.807, 2.05) is 66.7 Å². The van der Waals surface area contributed by atoms with Gasteiger partial charge in [0.05, 0.1) is 24.9 Å². The fraction of sp³-hybridized carbons (Fsp3) is 0.708. The van der Waals surface area contributed by atoms with Gasteiger partial charge in [-0.05, 0) is 84.8 Å². The SMILES string of the molecule is COc1cc(B2OC(C)(C)C(C)(C)O2)ccc1OCC1CCN(C(=O)OC(C)(C)C)CC1. The van der Waals surface area contributed by atoms with Crippen LogP contribution in [0.5, 0.6) is 11.5 Å². The van der Waals surface area contributed by atoms with Crippen LogP contribution in [0.1, 0.15) is 61.3 Å². The maximum absolute atomic E-state index is 12.2. The largest absolute Gasteiger partial charge is 0.494 e. The second kappa shape index (κ2) is 9.14. The molecule has 2 aliphatic heterocycles. The van der Waals surface area contributed by atoms with Crippen LogP contribution in [0, 0.1) is 5.92 Å². The number of carbonyl (C=O) groups is 1. The lowest BCUT2D eigenvalue weighted by molar-refractivity contribution is 0.00578. The van der Waals surface area contributed by atoms with Crippen LogP contribution >= 0.6 is 0 Å². The summed E-state index contributed by atoms with van der Waals surface area (Å²) in [5.74, 6) is 1.73. The zero-order valence-corrected chi connectivity index (χ0v) is 20.8. The molecule has 2 aliphatic rings. The highest BCUT2D eigenvalue weighted by molar-refractivity contribution is 6.62. The van der Waals surface area contributed by atoms with Crippen LogP contribution in [0.3, 0.4) is 0 Å². The molecule has 0 aromatic heterocycles. The second-order valence-electron chi connectivity index (χ2n) is 10.7. The number of methoxy groups -OCH3 is 1. The fourth-order valence-electron chi connectivity index (χ4n) is 3.75. The van der Waals surface area contributed by atoms with E-state index in [0.29, 0.717) is 37.1 Å². The zero-order valence-electron chi connectivity index (χ0n) is 20.8. The molecule has 1 aromatic carbocycles. The Labute approximate surface area is 192 Å². The van der Waals surface area contributed by atoms with Crippen molar-refractivity contribution in [2.75, 3.05) is 26.8 Å². The number of hydrogen-bond acceptors (Lipinski definition) is 6. The number of nitrogens with zero attached hydrogens (tertiary/aromatic N) is 1. The smallest absolute Gasteiger partial charge is 0.493 e. The Kier molecular flexibility index (Phi) is 7.06. The first-order chi connectivity index (χ1) is 14.8. The average molecular weight is 447 g/mol. The minimum absolute atomic E-state index is 0.239. The van der Waals surface area contributed by atoms with Gasteiger partial charge < -0.3 is 28.4 Å². The van der Waals surface area contributed by atoms with Gasteiger partial charge in [-0.2, -0.15) is 0 Å². The first-order valence-electron chi connectivity index (χ1n) is 11.5. The van der Waals surface area contributed by atoms with E-state index in [4.69, 9.17) is 23.5 Å². The standard InChI is InChI=1S/C24H38BNO6/c1-22(2,3)30-21(27)26-13-11-17(12-14-26)16-29-19-10-9-18(15-20(19)28-8)25-31-23(4,5)24(6,7)32-25/h9-10,15,17H,11-14,16H2,1-8H3. The number of piperidine rings is 1. The van der Waals surface area contributed by atoms with Gasteiger partial charge in [-0.25, -0.2) is 4.79 Å². The highest BCUT2D eigenvalue weighted by atomic mass is 16.7. The summed E-state index contributed by atoms with van der Waals surface area (Å²) in [6.45, 7) is 15.7. The molecular weight excluding hydrogens is 409 g/mol. The van der Waals surface area contributed by atoms with Gasteiger partial charge in [-0.1, -0.05) is 6.07 Å². The van der Waals surface area contributed by atoms with Gasteiger partial charge in [-0.3, -0.25) is 0 Å². The first kappa shape index (κ1) is 24.7. The summed E-state index contributed by atoms with van der Waals surface area (Å²) in [6, 6.07) is 5.79. The van der Waals surface area contributed by atoms with Crippen molar-refractivity contribution < 1.29 is 28.3 Å². The molecular formula is C24H38BNO6. The van der Waals surface area contributed by atoms with Crippen LogP contribution in [0.4, 0.5) is 4.79 Å². The van der Waals surface area contributed by atoms with Crippen molar-refractivity contribution in [2.45, 2.75) is 78.1 Å². The maximum atomic E-state index is 12.2. The number of benzene rings is 1. The van der Waals surface area contributed by atoms with E-state index in [-0.39, 0.29) is 6.09 Å². The Morgan fingerprint density at radius 3 is 2.22 bits per heavy atom. The number of ether oxygens (including phenoxy) is 3. The lowest BCUT2D eigenvalue weighted by Crippen LogP contribution is -2.42. The van der Waals surface area contributed by atoms with Gasteiger partial charge in [0.15, 0.2) is 11.5 Å². The summed E-state index contributed by atoms with van der Waals surface area (Å²) in [4.78, 5) is 14.0. The Balaban J connectivity index is 1.55. The molecule has 0 saturated carbocycles. The van der Waals surface area contributed by atoms with Crippen molar-refractivity contribution >= 4 is 18.7 Å². The Hall–Kier alpha value is -1.93. The second-order valence-corrected chi connectivity index (χ2v) is 10.7. The third kappa shape index (κ3) is 5.70. The lowest BCUT2D eigenvalue weighted by atomic mass is 9.79. The summed E-state index contributed by atoms with van der Waals surface area (Å²) < 4.78 is 29.4. The van der Waals surface area contributed by atoms with Gasteiger partial charge in [-0.15, -0.1) is 0 Å². The molecule has 0 N–H and O–H groups in total. The molecule has 8 heteroatoms. The van der Waals surface area contributed by atoms with Gasteiger partial charge in [0.1, 0.15) is 5.60 Å². The number of carbonyl (C=O) groups excluding carboxylic acids is 1. The van der Waals surface area contributed by atoms with E-state index in [1.54, 1.807) is 12.0 Å². The molecule has 32 heavy (non-hydrogen) atoms. The van der Waals surface area contributed by atoms with Crippen LogP contribution in [0.25, 0.3) is 0 Å². The molecule has 3 rings (SSSR count). The van der Waals surface area contributed by atoms with E-state index in [0.717, 1.165) is 18.3 Å². The molecule has 0 radical (unpaired) electrons. The highest BCUT2D eigenvalue weighted by Crippen LogP contribution is 2.37. The third-order valence-electron chi connectivity index (χ3n) is 6.45. The van der Waals surface area contributed by atoms with Crippen molar-refractivity contribution in [2.24, 2.45) is 5.92 Å². The van der Waals surface area contributed by atoms with Crippen molar-refractivity contribution in [3.8, 4) is 11.5 Å². The van der Waals surface area contributed by atoms with Crippen molar-refractivity contribution in [1.82, 2.24) is 4.90 Å². The predicted molar refractivity (Wildman–Crippen MR) is 125 cm³/mol. The van der Waals surface area contributed by atoms with Gasteiger partial charge >= 0.3 is 13.2 Å². The van der Waals surface area contributed by atoms with Crippen molar-refractivity contribution in [1.29, 1.82) is 0 Å². The zero-order chi connectivity index (χ0) is 23.7. The summed E-state index contributed by atoms with van der Waals surface area (Å²) in [5.41, 5.74) is -0.360. The van der Waals surface area contributed by atoms with Crippen LogP contribution in [0.2, 0.25) is 0 Å².